The molecule has 0 aliphatic heterocycles. The van der Waals surface area contributed by atoms with Crippen molar-refractivity contribution in [2.75, 3.05) is 0 Å². The first kappa shape index (κ1) is 23.7. The molecule has 0 radical (unpaired) electrons. The Labute approximate surface area is 175 Å². The fourth-order valence-electron chi connectivity index (χ4n) is 4.21. The fourth-order valence-corrected chi connectivity index (χ4v) is 4.21. The van der Waals surface area contributed by atoms with Crippen LogP contribution in [0, 0.1) is 18.8 Å². The Morgan fingerprint density at radius 3 is 1.54 bits per heavy atom. The van der Waals surface area contributed by atoms with Gasteiger partial charge in [0, 0.05) is 5.41 Å². The Morgan fingerprint density at radius 1 is 0.846 bits per heavy atom. The van der Waals surface area contributed by atoms with Crippen molar-refractivity contribution in [2.24, 2.45) is 11.3 Å². The van der Waals surface area contributed by atoms with E-state index in [2.05, 4.69) is 38.1 Å². The summed E-state index contributed by atoms with van der Waals surface area (Å²) >= 11 is -0.556. The molecule has 1 aliphatic carbocycles. The second-order valence-corrected chi connectivity index (χ2v) is 9.80. The molecule has 3 rings (SSSR count). The molecule has 0 amide bonds. The zero-order valence-corrected chi connectivity index (χ0v) is 19.0. The van der Waals surface area contributed by atoms with Gasteiger partial charge in [0.15, 0.2) is 0 Å². The Bertz CT molecular complexity index is 586. The van der Waals surface area contributed by atoms with E-state index in [1.54, 1.807) is 0 Å². The summed E-state index contributed by atoms with van der Waals surface area (Å²) in [6, 6.07) is 20.3. The summed E-state index contributed by atoms with van der Waals surface area (Å²) in [6.07, 6.45) is 5.01. The molecule has 1 aliphatic rings. The molecule has 1 N–H and O–H groups in total. The van der Waals surface area contributed by atoms with Crippen LogP contribution in [-0.4, -0.2) is 5.11 Å². The van der Waals surface area contributed by atoms with E-state index in [4.69, 9.17) is 18.6 Å². The molecular formula is C22H29Cl2OTi-. The fraction of sp³-hybridized carbons (Fsp3) is 0.409. The molecule has 142 valence electrons. The molecule has 26 heavy (non-hydrogen) atoms. The van der Waals surface area contributed by atoms with Gasteiger partial charge in [-0.05, 0) is 29.9 Å². The normalized spacial score (nSPS) is 14.8. The van der Waals surface area contributed by atoms with Crippen molar-refractivity contribution < 1.29 is 22.1 Å². The van der Waals surface area contributed by atoms with Crippen LogP contribution < -0.4 is 0 Å². The van der Waals surface area contributed by atoms with Gasteiger partial charge in [0.2, 0.25) is 0 Å². The van der Waals surface area contributed by atoms with Crippen molar-refractivity contribution in [3.63, 3.8) is 0 Å². The first-order valence-corrected chi connectivity index (χ1v) is 13.1. The summed E-state index contributed by atoms with van der Waals surface area (Å²) in [5.74, 6) is 0.554. The molecule has 0 unspecified atom stereocenters. The van der Waals surface area contributed by atoms with Crippen LogP contribution in [0.1, 0.15) is 50.7 Å². The zero-order chi connectivity index (χ0) is 18.3. The van der Waals surface area contributed by atoms with E-state index < -0.39 is 22.6 Å². The molecule has 4 heteroatoms. The van der Waals surface area contributed by atoms with Crippen LogP contribution in [0.5, 0.6) is 0 Å². The average Bonchev–Trinajstić information content (AvgIpc) is 3.18. The second-order valence-electron chi connectivity index (χ2n) is 7.22. The van der Waals surface area contributed by atoms with Crippen molar-refractivity contribution in [3.8, 4) is 0 Å². The van der Waals surface area contributed by atoms with Crippen molar-refractivity contribution in [1.29, 1.82) is 0 Å². The number of aliphatic hydroxyl groups is 1. The van der Waals surface area contributed by atoms with Gasteiger partial charge in [-0.15, -0.1) is 0 Å². The quantitative estimate of drug-likeness (QED) is 0.412. The Balaban J connectivity index is 0.000000791. The molecule has 1 nitrogen and oxygen atoms in total. The molecule has 0 spiro atoms. The van der Waals surface area contributed by atoms with E-state index >= 15 is 0 Å². The molecule has 0 saturated heterocycles. The summed E-state index contributed by atoms with van der Waals surface area (Å²) < 4.78 is 0. The number of hydrogen-bond donors (Lipinski definition) is 1. The third kappa shape index (κ3) is 4.94. The molecule has 2 aromatic carbocycles. The monoisotopic (exact) mass is 427 g/mol. The Morgan fingerprint density at radius 2 is 1.19 bits per heavy atom. The molecule has 1 fully saturated rings. The van der Waals surface area contributed by atoms with Gasteiger partial charge in [0.05, 0.1) is 0 Å². The van der Waals surface area contributed by atoms with Crippen molar-refractivity contribution in [1.82, 2.24) is 0 Å². The summed E-state index contributed by atoms with van der Waals surface area (Å²) in [6.45, 7) is 4.48. The molecule has 1 saturated carbocycles. The predicted octanol–water partition coefficient (Wildman–Crippen LogP) is 6.97. The van der Waals surface area contributed by atoms with Gasteiger partial charge >= 0.3 is 35.6 Å². The van der Waals surface area contributed by atoms with Gasteiger partial charge < -0.3 is 12.5 Å². The van der Waals surface area contributed by atoms with Crippen molar-refractivity contribution in [2.45, 2.75) is 45.1 Å². The van der Waals surface area contributed by atoms with E-state index in [1.807, 2.05) is 36.4 Å². The van der Waals surface area contributed by atoms with Crippen LogP contribution in [0.15, 0.2) is 60.7 Å². The van der Waals surface area contributed by atoms with Crippen LogP contribution >= 0.6 is 18.6 Å². The van der Waals surface area contributed by atoms with Crippen LogP contribution in [0.4, 0.5) is 0 Å². The molecule has 0 atom stereocenters. The van der Waals surface area contributed by atoms with E-state index in [0.717, 1.165) is 11.1 Å². The van der Waals surface area contributed by atoms with Crippen LogP contribution in [0.25, 0.3) is 0 Å². The van der Waals surface area contributed by atoms with Crippen molar-refractivity contribution in [3.05, 3.63) is 79.2 Å². The summed E-state index contributed by atoms with van der Waals surface area (Å²) in [7, 11) is 9.78. The Kier molecular flexibility index (Phi) is 9.93. The maximum absolute atomic E-state index is 11.9. The first-order valence-electron chi connectivity index (χ1n) is 8.78. The second kappa shape index (κ2) is 10.9. The van der Waals surface area contributed by atoms with E-state index in [-0.39, 0.29) is 12.8 Å². The van der Waals surface area contributed by atoms with E-state index in [0.29, 0.717) is 5.92 Å². The minimum absolute atomic E-state index is 0. The average molecular weight is 428 g/mol. The topological polar surface area (TPSA) is 20.2 Å². The Hall–Kier alpha value is -0.306. The van der Waals surface area contributed by atoms with E-state index in [9.17, 15) is 5.11 Å². The number of benzene rings is 2. The van der Waals surface area contributed by atoms with Gasteiger partial charge in [-0.25, -0.2) is 0 Å². The SMILES string of the molecule is CC(C)(C1CCCC1)C(O)(c1ccccc1)c1ccccc1.[CH3-].[Cl][Ti][Cl]. The molecule has 2 aromatic rings. The maximum atomic E-state index is 11.9. The molecule has 0 aromatic heterocycles. The number of hydrogen-bond acceptors (Lipinski definition) is 1. The molecule has 0 heterocycles. The first-order chi connectivity index (χ1) is 12.0. The summed E-state index contributed by atoms with van der Waals surface area (Å²) in [5, 5.41) is 11.9. The standard InChI is InChI=1S/C21H26O.CH3.2ClH.Ti/c1-20(2,17-11-9-10-12-17)21(22,18-13-5-3-6-14-18)19-15-7-4-8-16-19;;;;/h3-8,13-17,22H,9-12H2,1-2H3;1H3;2*1H;/q;-1;;;+2/p-2. The van der Waals surface area contributed by atoms with Crippen LogP contribution in [0.2, 0.25) is 0 Å². The van der Waals surface area contributed by atoms with Gasteiger partial charge in [0.25, 0.3) is 0 Å². The third-order valence-corrected chi connectivity index (χ3v) is 5.69. The number of rotatable bonds is 4. The zero-order valence-electron chi connectivity index (χ0n) is 15.9. The van der Waals surface area contributed by atoms with Gasteiger partial charge in [0.1, 0.15) is 5.60 Å². The van der Waals surface area contributed by atoms with Crippen LogP contribution in [-0.2, 0) is 22.6 Å². The van der Waals surface area contributed by atoms with Crippen molar-refractivity contribution >= 4 is 18.6 Å². The van der Waals surface area contributed by atoms with Crippen LogP contribution in [0.3, 0.4) is 0 Å². The summed E-state index contributed by atoms with van der Waals surface area (Å²) in [5.41, 5.74) is 0.840. The van der Waals surface area contributed by atoms with Gasteiger partial charge in [-0.2, -0.15) is 0 Å². The molecule has 0 bridgehead atoms. The number of halogens is 2. The molecular weight excluding hydrogens is 399 g/mol. The van der Waals surface area contributed by atoms with E-state index in [1.165, 1.54) is 25.7 Å². The van der Waals surface area contributed by atoms with Gasteiger partial charge in [-0.1, -0.05) is 87.4 Å². The van der Waals surface area contributed by atoms with Gasteiger partial charge in [-0.3, -0.25) is 0 Å². The summed E-state index contributed by atoms with van der Waals surface area (Å²) in [4.78, 5) is 0. The predicted molar refractivity (Wildman–Crippen MR) is 110 cm³/mol. The minimum atomic E-state index is -0.954. The third-order valence-electron chi connectivity index (χ3n) is 5.69.